The molecule has 0 aliphatic carbocycles. The molecular formula is C23H25ClN4O2. The number of halogens is 1. The molecule has 156 valence electrons. The largest absolute Gasteiger partial charge is 0.493 e. The Labute approximate surface area is 181 Å². The average molecular weight is 425 g/mol. The summed E-state index contributed by atoms with van der Waals surface area (Å²) in [5, 5.41) is 5.08. The van der Waals surface area contributed by atoms with Gasteiger partial charge in [0.25, 0.3) is 5.91 Å². The van der Waals surface area contributed by atoms with Crippen molar-refractivity contribution in [3.63, 3.8) is 0 Å². The molecule has 2 aromatic carbocycles. The van der Waals surface area contributed by atoms with Gasteiger partial charge in [0.05, 0.1) is 17.3 Å². The molecule has 1 fully saturated rings. The van der Waals surface area contributed by atoms with Gasteiger partial charge in [0.1, 0.15) is 11.6 Å². The predicted octanol–water partition coefficient (Wildman–Crippen LogP) is 4.41. The van der Waals surface area contributed by atoms with E-state index in [4.69, 9.17) is 16.3 Å². The van der Waals surface area contributed by atoms with Crippen LogP contribution in [0.1, 0.15) is 36.2 Å². The van der Waals surface area contributed by atoms with Crippen LogP contribution in [-0.4, -0.2) is 45.3 Å². The van der Waals surface area contributed by atoms with E-state index in [1.165, 1.54) is 0 Å². The Morgan fingerprint density at radius 1 is 1.17 bits per heavy atom. The lowest BCUT2D eigenvalue weighted by Crippen LogP contribution is -2.42. The second-order valence-corrected chi connectivity index (χ2v) is 7.86. The zero-order valence-corrected chi connectivity index (χ0v) is 17.8. The minimum Gasteiger partial charge on any atom is -0.493 e. The smallest absolute Gasteiger partial charge is 0.293 e. The highest BCUT2D eigenvalue weighted by Gasteiger charge is 2.28. The number of ether oxygens (including phenoxy) is 1. The average Bonchev–Trinajstić information content (AvgIpc) is 3.22. The SMILES string of the molecule is CCc1nc(C(=O)N2CCCC(COc3ccccc3)C2)nn1-c1ccccc1Cl. The maximum Gasteiger partial charge on any atom is 0.293 e. The highest BCUT2D eigenvalue weighted by atomic mass is 35.5. The third-order valence-corrected chi connectivity index (χ3v) is 5.62. The van der Waals surface area contributed by atoms with Crippen molar-refractivity contribution in [1.82, 2.24) is 19.7 Å². The molecule has 1 aromatic heterocycles. The topological polar surface area (TPSA) is 60.3 Å². The molecular weight excluding hydrogens is 400 g/mol. The van der Waals surface area contributed by atoms with Gasteiger partial charge in [-0.2, -0.15) is 0 Å². The van der Waals surface area contributed by atoms with Gasteiger partial charge in [-0.05, 0) is 37.1 Å². The molecule has 1 atom stereocenters. The summed E-state index contributed by atoms with van der Waals surface area (Å²) in [6.07, 6.45) is 2.64. The zero-order valence-electron chi connectivity index (χ0n) is 17.0. The van der Waals surface area contributed by atoms with E-state index in [9.17, 15) is 4.79 Å². The molecule has 4 rings (SSSR count). The quantitative estimate of drug-likeness (QED) is 0.587. The number of hydrogen-bond donors (Lipinski definition) is 0. The fraction of sp³-hybridized carbons (Fsp3) is 0.348. The minimum absolute atomic E-state index is 0.139. The number of para-hydroxylation sites is 2. The fourth-order valence-corrected chi connectivity index (χ4v) is 3.95. The monoisotopic (exact) mass is 424 g/mol. The van der Waals surface area contributed by atoms with Crippen molar-refractivity contribution in [3.05, 3.63) is 71.3 Å². The van der Waals surface area contributed by atoms with Crippen LogP contribution in [-0.2, 0) is 6.42 Å². The first-order chi connectivity index (χ1) is 14.7. The molecule has 7 heteroatoms. The fourth-order valence-electron chi connectivity index (χ4n) is 3.74. The number of aromatic nitrogens is 3. The number of likely N-dealkylation sites (tertiary alicyclic amines) is 1. The highest BCUT2D eigenvalue weighted by Crippen LogP contribution is 2.23. The van der Waals surface area contributed by atoms with E-state index in [0.29, 0.717) is 42.9 Å². The van der Waals surface area contributed by atoms with Crippen molar-refractivity contribution in [1.29, 1.82) is 0 Å². The summed E-state index contributed by atoms with van der Waals surface area (Å²) < 4.78 is 7.58. The van der Waals surface area contributed by atoms with E-state index >= 15 is 0 Å². The van der Waals surface area contributed by atoms with E-state index in [1.807, 2.05) is 66.4 Å². The third kappa shape index (κ3) is 4.49. The van der Waals surface area contributed by atoms with Gasteiger partial charge in [-0.25, -0.2) is 9.67 Å². The highest BCUT2D eigenvalue weighted by molar-refractivity contribution is 6.32. The van der Waals surface area contributed by atoms with Gasteiger partial charge < -0.3 is 9.64 Å². The first-order valence-corrected chi connectivity index (χ1v) is 10.7. The first-order valence-electron chi connectivity index (χ1n) is 10.3. The second kappa shape index (κ2) is 9.30. The van der Waals surface area contributed by atoms with Crippen molar-refractivity contribution in [3.8, 4) is 11.4 Å². The summed E-state index contributed by atoms with van der Waals surface area (Å²) in [5.41, 5.74) is 0.732. The molecule has 1 saturated heterocycles. The standard InChI is InChI=1S/C23H25ClN4O2/c1-2-21-25-22(26-28(21)20-13-7-6-12-19(20)24)23(29)27-14-8-9-17(15-27)16-30-18-10-4-3-5-11-18/h3-7,10-13,17H,2,8-9,14-16H2,1H3. The van der Waals surface area contributed by atoms with Crippen LogP contribution in [0, 0.1) is 5.92 Å². The van der Waals surface area contributed by atoms with E-state index in [-0.39, 0.29) is 11.7 Å². The van der Waals surface area contributed by atoms with Gasteiger partial charge in [-0.3, -0.25) is 4.79 Å². The number of hydrogen-bond acceptors (Lipinski definition) is 4. The number of carbonyl (C=O) groups is 1. The van der Waals surface area contributed by atoms with Crippen molar-refractivity contribution >= 4 is 17.5 Å². The van der Waals surface area contributed by atoms with Crippen molar-refractivity contribution < 1.29 is 9.53 Å². The first kappa shape index (κ1) is 20.4. The Balaban J connectivity index is 1.47. The Hall–Kier alpha value is -2.86. The van der Waals surface area contributed by atoms with Crippen LogP contribution in [0.3, 0.4) is 0 Å². The van der Waals surface area contributed by atoms with Gasteiger partial charge in [-0.15, -0.1) is 5.10 Å². The van der Waals surface area contributed by atoms with E-state index in [1.54, 1.807) is 4.68 Å². The molecule has 1 aliphatic rings. The molecule has 0 radical (unpaired) electrons. The van der Waals surface area contributed by atoms with Crippen LogP contribution in [0.4, 0.5) is 0 Å². The summed E-state index contributed by atoms with van der Waals surface area (Å²) in [7, 11) is 0. The number of aryl methyl sites for hydroxylation is 1. The number of amides is 1. The van der Waals surface area contributed by atoms with Crippen LogP contribution in [0.5, 0.6) is 5.75 Å². The van der Waals surface area contributed by atoms with Crippen LogP contribution in [0.2, 0.25) is 5.02 Å². The summed E-state index contributed by atoms with van der Waals surface area (Å²) in [4.78, 5) is 19.5. The van der Waals surface area contributed by atoms with Gasteiger partial charge in [-0.1, -0.05) is 48.9 Å². The lowest BCUT2D eigenvalue weighted by atomic mass is 9.99. The molecule has 3 aromatic rings. The molecule has 0 N–H and O–H groups in total. The van der Waals surface area contributed by atoms with Crippen molar-refractivity contribution in [2.24, 2.45) is 5.92 Å². The summed E-state index contributed by atoms with van der Waals surface area (Å²) in [6, 6.07) is 17.2. The Morgan fingerprint density at radius 2 is 1.93 bits per heavy atom. The molecule has 1 aliphatic heterocycles. The molecule has 0 saturated carbocycles. The number of rotatable bonds is 6. The maximum atomic E-state index is 13.1. The van der Waals surface area contributed by atoms with Crippen LogP contribution >= 0.6 is 11.6 Å². The summed E-state index contributed by atoms with van der Waals surface area (Å²) in [6.45, 7) is 3.94. The Kier molecular flexibility index (Phi) is 6.33. The molecule has 0 bridgehead atoms. The lowest BCUT2D eigenvalue weighted by molar-refractivity contribution is 0.0621. The Morgan fingerprint density at radius 3 is 2.70 bits per heavy atom. The lowest BCUT2D eigenvalue weighted by Gasteiger charge is -2.31. The van der Waals surface area contributed by atoms with Gasteiger partial charge >= 0.3 is 0 Å². The van der Waals surface area contributed by atoms with Gasteiger partial charge in [0.2, 0.25) is 5.82 Å². The number of piperidine rings is 1. The predicted molar refractivity (Wildman–Crippen MR) is 116 cm³/mol. The summed E-state index contributed by atoms with van der Waals surface area (Å²) >= 11 is 6.33. The van der Waals surface area contributed by atoms with E-state index in [0.717, 1.165) is 24.3 Å². The molecule has 2 heterocycles. The van der Waals surface area contributed by atoms with Crippen molar-refractivity contribution in [2.45, 2.75) is 26.2 Å². The van der Waals surface area contributed by atoms with Crippen LogP contribution < -0.4 is 4.74 Å². The molecule has 0 spiro atoms. The molecule has 1 amide bonds. The van der Waals surface area contributed by atoms with E-state index < -0.39 is 0 Å². The van der Waals surface area contributed by atoms with Crippen LogP contribution in [0.25, 0.3) is 5.69 Å². The number of nitrogens with zero attached hydrogens (tertiary/aromatic N) is 4. The minimum atomic E-state index is -0.139. The van der Waals surface area contributed by atoms with E-state index in [2.05, 4.69) is 10.1 Å². The van der Waals surface area contributed by atoms with Crippen LogP contribution in [0.15, 0.2) is 54.6 Å². The van der Waals surface area contributed by atoms with Crippen molar-refractivity contribution in [2.75, 3.05) is 19.7 Å². The van der Waals surface area contributed by atoms with Gasteiger partial charge in [0.15, 0.2) is 0 Å². The maximum absolute atomic E-state index is 13.1. The molecule has 30 heavy (non-hydrogen) atoms. The normalized spacial score (nSPS) is 16.5. The number of carbonyl (C=O) groups excluding carboxylic acids is 1. The zero-order chi connectivity index (χ0) is 20.9. The number of benzene rings is 2. The molecule has 6 nitrogen and oxygen atoms in total. The Bertz CT molecular complexity index is 1010. The molecule has 1 unspecified atom stereocenters. The second-order valence-electron chi connectivity index (χ2n) is 7.45. The third-order valence-electron chi connectivity index (χ3n) is 5.30. The summed E-state index contributed by atoms with van der Waals surface area (Å²) in [5.74, 6) is 1.94. The van der Waals surface area contributed by atoms with Gasteiger partial charge in [0, 0.05) is 25.4 Å².